The summed E-state index contributed by atoms with van der Waals surface area (Å²) in [6.07, 6.45) is -1.27. The van der Waals surface area contributed by atoms with E-state index in [1.54, 1.807) is 6.07 Å². The fourth-order valence-electron chi connectivity index (χ4n) is 6.94. The van der Waals surface area contributed by atoms with Crippen LogP contribution in [-0.2, 0) is 33.8 Å². The Labute approximate surface area is 402 Å². The van der Waals surface area contributed by atoms with Crippen LogP contribution in [0.25, 0.3) is 32.3 Å². The van der Waals surface area contributed by atoms with Crippen molar-refractivity contribution in [3.63, 3.8) is 0 Å². The molecule has 2 aliphatic rings. The lowest BCUT2D eigenvalue weighted by Gasteiger charge is -2.26. The van der Waals surface area contributed by atoms with Crippen molar-refractivity contribution in [2.75, 3.05) is 32.6 Å². The molecule has 0 spiro atoms. The molecule has 21 nitrogen and oxygen atoms in total. The second-order valence-corrected chi connectivity index (χ2v) is 20.0. The maximum absolute atomic E-state index is 14.2. The second-order valence-electron chi connectivity index (χ2n) is 14.5. The quantitative estimate of drug-likeness (QED) is 0.0633. The zero-order valence-corrected chi connectivity index (χ0v) is 39.9. The normalized spacial score (nSPS) is 14.1. The first kappa shape index (κ1) is 50.0. The average molecular weight is 1050 g/mol. The zero-order valence-electron chi connectivity index (χ0n) is 35.8. The van der Waals surface area contributed by atoms with Crippen molar-refractivity contribution >= 4 is 97.9 Å². The van der Waals surface area contributed by atoms with E-state index in [4.69, 9.17) is 61.4 Å². The number of carbonyl (C=O) groups excluding carboxylic acids is 6. The topological polar surface area (TPSA) is 298 Å². The Hall–Kier alpha value is -6.84. The average Bonchev–Trinajstić information content (AvgIpc) is 3.72. The van der Waals surface area contributed by atoms with Crippen LogP contribution >= 0.6 is 42.1 Å². The van der Waals surface area contributed by atoms with Crippen LogP contribution in [0.3, 0.4) is 0 Å². The summed E-state index contributed by atoms with van der Waals surface area (Å²) in [5, 5.41) is 13.1. The molecule has 2 amide bonds. The number of fused-ring (bicyclic) bond motifs is 5. The molecule has 4 aromatic carbocycles. The molecule has 7 rings (SSSR count). The Morgan fingerprint density at radius 1 is 0.797 bits per heavy atom. The Morgan fingerprint density at radius 2 is 1.28 bits per heavy atom. The van der Waals surface area contributed by atoms with Crippen LogP contribution in [0.15, 0.2) is 40.6 Å². The fraction of sp³-hybridized carbons (Fsp3) is 0.214. The van der Waals surface area contributed by atoms with Crippen molar-refractivity contribution < 1.29 is 84.0 Å². The first-order chi connectivity index (χ1) is 32.5. The van der Waals surface area contributed by atoms with E-state index < -0.39 is 125 Å². The minimum Gasteiger partial charge on any atom is -0.488 e. The Morgan fingerprint density at radius 3 is 1.74 bits per heavy atom. The van der Waals surface area contributed by atoms with E-state index >= 15 is 0 Å². The molecule has 0 radical (unpaired) electrons. The first-order valence-corrected chi connectivity index (χ1v) is 24.5. The van der Waals surface area contributed by atoms with Crippen molar-refractivity contribution in [1.82, 2.24) is 15.4 Å². The van der Waals surface area contributed by atoms with E-state index in [0.717, 1.165) is 45.9 Å². The fourth-order valence-corrected chi connectivity index (χ4v) is 11.7. The highest BCUT2D eigenvalue weighted by Gasteiger charge is 2.38. The van der Waals surface area contributed by atoms with Crippen molar-refractivity contribution in [2.24, 2.45) is 0 Å². The summed E-state index contributed by atoms with van der Waals surface area (Å²) >= 11 is 15.2. The summed E-state index contributed by atoms with van der Waals surface area (Å²) in [6, 6.07) is 7.58. The van der Waals surface area contributed by atoms with Crippen LogP contribution in [0, 0.1) is 17.1 Å². The Balaban J connectivity index is 1.55. The monoisotopic (exact) mass is 1050 g/mol. The van der Waals surface area contributed by atoms with Gasteiger partial charge in [-0.1, -0.05) is 23.2 Å². The van der Waals surface area contributed by atoms with Gasteiger partial charge in [-0.2, -0.15) is 9.98 Å². The third-order valence-electron chi connectivity index (χ3n) is 9.52. The highest BCUT2D eigenvalue weighted by molar-refractivity contribution is 7.92. The summed E-state index contributed by atoms with van der Waals surface area (Å²) in [5.41, 5.74) is -2.82. The van der Waals surface area contributed by atoms with Gasteiger partial charge in [-0.15, -0.1) is 11.3 Å². The summed E-state index contributed by atoms with van der Waals surface area (Å²) in [7, 11) is -9.79. The molecule has 69 heavy (non-hydrogen) atoms. The van der Waals surface area contributed by atoms with Gasteiger partial charge < -0.3 is 48.5 Å². The number of hydrogen-bond donors (Lipinski definition) is 4. The third-order valence-corrected chi connectivity index (χ3v) is 14.7. The minimum absolute atomic E-state index is 0.0835. The molecule has 0 saturated carbocycles. The minimum atomic E-state index is -4.94. The number of nitriles is 1. The summed E-state index contributed by atoms with van der Waals surface area (Å²) < 4.78 is 95.5. The third kappa shape index (κ3) is 10.3. The number of nitrogens with one attached hydrogen (secondary N) is 3. The number of sulfonamides is 1. The van der Waals surface area contributed by atoms with Crippen molar-refractivity contribution in [1.29, 1.82) is 5.26 Å². The molecule has 1 aromatic heterocycles. The van der Waals surface area contributed by atoms with E-state index in [1.165, 1.54) is 12.1 Å². The Bertz CT molecular complexity index is 3150. The molecule has 27 heteroatoms. The molecular weight excluding hydrogens is 1020 g/mol. The van der Waals surface area contributed by atoms with Crippen LogP contribution in [-0.4, -0.2) is 81.6 Å². The molecule has 4 N–H and O–H groups in total. The first-order valence-electron chi connectivity index (χ1n) is 19.6. The number of amides is 2. The molecule has 0 aliphatic carbocycles. The van der Waals surface area contributed by atoms with Gasteiger partial charge in [0.15, 0.2) is 34.5 Å². The van der Waals surface area contributed by atoms with Crippen LogP contribution in [0.1, 0.15) is 54.0 Å². The maximum Gasteiger partial charge on any atom is 0.391 e. The van der Waals surface area contributed by atoms with Gasteiger partial charge in [0.1, 0.15) is 52.5 Å². The molecule has 3 heterocycles. The van der Waals surface area contributed by atoms with Crippen LogP contribution in [0.4, 0.5) is 4.39 Å². The van der Waals surface area contributed by atoms with Gasteiger partial charge in [-0.05, 0) is 30.3 Å². The summed E-state index contributed by atoms with van der Waals surface area (Å²) in [5.74, 6) is -10.1. The number of ether oxygens (including phenoxy) is 6. The lowest BCUT2D eigenvalue weighted by molar-refractivity contribution is -0.133. The van der Waals surface area contributed by atoms with Crippen molar-refractivity contribution in [3.8, 4) is 68.6 Å². The molecule has 4 bridgehead atoms. The number of esters is 4. The smallest absolute Gasteiger partial charge is 0.391 e. The van der Waals surface area contributed by atoms with Gasteiger partial charge in [-0.3, -0.25) is 28.8 Å². The van der Waals surface area contributed by atoms with Gasteiger partial charge in [0, 0.05) is 61.4 Å². The highest BCUT2D eigenvalue weighted by Crippen LogP contribution is 2.58. The molecule has 0 fully saturated rings. The summed E-state index contributed by atoms with van der Waals surface area (Å²) in [6.45, 7) is 3.44. The van der Waals surface area contributed by atoms with E-state index in [-0.39, 0.29) is 70.1 Å². The van der Waals surface area contributed by atoms with Crippen LogP contribution in [0.2, 0.25) is 10.0 Å². The number of hydrogen-bond acceptors (Lipinski definition) is 18. The van der Waals surface area contributed by atoms with Gasteiger partial charge in [0.2, 0.25) is 0 Å². The van der Waals surface area contributed by atoms with Gasteiger partial charge in [0.05, 0.1) is 33.4 Å². The molecule has 0 saturated heterocycles. The van der Waals surface area contributed by atoms with E-state index in [2.05, 4.69) is 10.6 Å². The van der Waals surface area contributed by atoms with Crippen LogP contribution in [0.5, 0.6) is 40.2 Å². The predicted molar refractivity (Wildman–Crippen MR) is 240 cm³/mol. The molecule has 2 aliphatic heterocycles. The zero-order chi connectivity index (χ0) is 50.3. The molecule has 5 aromatic rings. The summed E-state index contributed by atoms with van der Waals surface area (Å²) in [4.78, 5) is 89.3. The molecule has 1 atom stereocenters. The van der Waals surface area contributed by atoms with E-state index in [0.29, 0.717) is 17.4 Å². The van der Waals surface area contributed by atoms with Crippen molar-refractivity contribution in [3.05, 3.63) is 69.0 Å². The van der Waals surface area contributed by atoms with Crippen molar-refractivity contribution in [2.45, 2.75) is 31.9 Å². The lowest BCUT2D eigenvalue weighted by atomic mass is 9.88. The molecule has 1 unspecified atom stereocenters. The number of rotatable bonds is 12. The second kappa shape index (κ2) is 19.6. The standard InChI is InChI=1S/C42H32Cl2FN4O17PS2/c1-17(50)62-36-23(12-27-38(64-19(3)52)32(36)41(54)47-7-9-60-27)30-31(24-13-28-39(65-20(4)53)33(37(24)63-18(2)51)42(55)48-8-10-61-28)35(44)40-25(34(30)43)14-29(68-40)69(58,59)49-16-67(56,57)66-22-6-5-21(15-46)26(45)11-22/h5-6,11-14,49H,7-10,16H2,1-4H3,(H,47,54)(H,48,55)(H,56,57). The highest BCUT2D eigenvalue weighted by atomic mass is 35.5. The number of halogens is 3. The largest absolute Gasteiger partial charge is 0.488 e. The number of carbonyl (C=O) groups is 6. The molecule has 360 valence electrons. The molecular formula is C42H32Cl2FN4O17PS2. The van der Waals surface area contributed by atoms with Gasteiger partial charge in [-0.25, -0.2) is 17.4 Å². The van der Waals surface area contributed by atoms with Crippen LogP contribution < -0.4 is 48.3 Å². The van der Waals surface area contributed by atoms with Gasteiger partial charge in [0.25, 0.3) is 21.8 Å². The maximum atomic E-state index is 14.2. The van der Waals surface area contributed by atoms with E-state index in [9.17, 15) is 51.0 Å². The number of thiophene rings is 1. The van der Waals surface area contributed by atoms with Gasteiger partial charge >= 0.3 is 31.5 Å². The number of benzene rings is 4. The van der Waals surface area contributed by atoms with E-state index in [1.807, 2.05) is 4.72 Å². The predicted octanol–water partition coefficient (Wildman–Crippen LogP) is 6.00. The Kier molecular flexibility index (Phi) is 14.2. The SMILES string of the molecule is CC(=O)Oc1c2cc(-c3c(-c4cc5c(OC(C)=O)c(c4OC(C)=O)C(=O)NCCO5)c(Cl)c4sc(S(=O)(=O)NCP(=O)(O)Oc5ccc(C#N)c(F)c5)cc4c3Cl)c(OC(C)=O)c1C(=O)NCCO2. The lowest BCUT2D eigenvalue weighted by Crippen LogP contribution is -2.32. The number of nitrogens with zero attached hydrogens (tertiary/aromatic N) is 1.